The number of hydrogen-bond acceptors (Lipinski definition) is 6. The van der Waals surface area contributed by atoms with Crippen LogP contribution in [-0.2, 0) is 20.9 Å². The van der Waals surface area contributed by atoms with E-state index in [1.165, 1.54) is 16.7 Å². The van der Waals surface area contributed by atoms with E-state index in [0.717, 1.165) is 0 Å². The number of nitrogens with zero attached hydrogens (tertiary/aromatic N) is 1. The van der Waals surface area contributed by atoms with E-state index in [1.54, 1.807) is 56.8 Å². The summed E-state index contributed by atoms with van der Waals surface area (Å²) in [4.78, 5) is 37.6. The first kappa shape index (κ1) is 19.6. The zero-order valence-electron chi connectivity index (χ0n) is 14.6. The summed E-state index contributed by atoms with van der Waals surface area (Å²) in [6, 6.07) is 10.3. The Bertz CT molecular complexity index is 759. The second kappa shape index (κ2) is 9.67. The minimum absolute atomic E-state index is 0.141. The molecule has 0 atom stereocenters. The van der Waals surface area contributed by atoms with Crippen LogP contribution in [0.25, 0.3) is 0 Å². The van der Waals surface area contributed by atoms with Gasteiger partial charge < -0.3 is 19.4 Å². The van der Waals surface area contributed by atoms with Crippen molar-refractivity contribution >= 4 is 29.5 Å². The van der Waals surface area contributed by atoms with E-state index in [0.29, 0.717) is 22.8 Å². The molecule has 8 heteroatoms. The van der Waals surface area contributed by atoms with Gasteiger partial charge in [-0.05, 0) is 24.3 Å². The van der Waals surface area contributed by atoms with Gasteiger partial charge in [-0.3, -0.25) is 9.59 Å². The molecule has 0 radical (unpaired) electrons. The van der Waals surface area contributed by atoms with Crippen LogP contribution in [0.4, 0.5) is 0 Å². The van der Waals surface area contributed by atoms with Crippen LogP contribution < -0.4 is 5.32 Å². The molecule has 26 heavy (non-hydrogen) atoms. The molecule has 0 saturated carbocycles. The van der Waals surface area contributed by atoms with E-state index in [9.17, 15) is 14.4 Å². The van der Waals surface area contributed by atoms with E-state index in [-0.39, 0.29) is 24.2 Å². The molecule has 1 heterocycles. The SMILES string of the molecule is CN(C)C(=O)COC(=O)c1ccccc1SCC(=O)NCc1ccco1. The number of carbonyl (C=O) groups is 3. The molecule has 1 aromatic heterocycles. The third-order valence-corrected chi connectivity index (χ3v) is 4.40. The van der Waals surface area contributed by atoms with Crippen molar-refractivity contribution in [2.24, 2.45) is 0 Å². The summed E-state index contributed by atoms with van der Waals surface area (Å²) >= 11 is 1.22. The normalized spacial score (nSPS) is 10.2. The van der Waals surface area contributed by atoms with Gasteiger partial charge in [0.1, 0.15) is 5.76 Å². The highest BCUT2D eigenvalue weighted by atomic mass is 32.2. The lowest BCUT2D eigenvalue weighted by Gasteiger charge is -2.12. The van der Waals surface area contributed by atoms with Crippen molar-refractivity contribution in [3.8, 4) is 0 Å². The lowest BCUT2D eigenvalue weighted by atomic mass is 10.2. The molecule has 0 aliphatic carbocycles. The Morgan fingerprint density at radius 3 is 2.62 bits per heavy atom. The highest BCUT2D eigenvalue weighted by molar-refractivity contribution is 8.00. The van der Waals surface area contributed by atoms with E-state index < -0.39 is 5.97 Å². The van der Waals surface area contributed by atoms with Crippen LogP contribution in [0.1, 0.15) is 16.1 Å². The maximum absolute atomic E-state index is 12.2. The van der Waals surface area contributed by atoms with Crippen LogP contribution in [0, 0.1) is 0 Å². The average molecular weight is 376 g/mol. The zero-order valence-corrected chi connectivity index (χ0v) is 15.4. The Hall–Kier alpha value is -2.74. The highest BCUT2D eigenvalue weighted by Gasteiger charge is 2.16. The van der Waals surface area contributed by atoms with E-state index in [4.69, 9.17) is 9.15 Å². The molecule has 0 bridgehead atoms. The number of likely N-dealkylation sites (N-methyl/N-ethyl adjacent to an activating group) is 1. The first-order valence-corrected chi connectivity index (χ1v) is 8.84. The zero-order chi connectivity index (χ0) is 18.9. The Labute approximate surface area is 155 Å². The number of carbonyl (C=O) groups excluding carboxylic acids is 3. The molecule has 0 aliphatic rings. The van der Waals surface area contributed by atoms with Crippen molar-refractivity contribution in [2.45, 2.75) is 11.4 Å². The summed E-state index contributed by atoms with van der Waals surface area (Å²) in [5.74, 6) is -0.280. The Balaban J connectivity index is 1.88. The van der Waals surface area contributed by atoms with Gasteiger partial charge in [-0.15, -0.1) is 11.8 Å². The van der Waals surface area contributed by atoms with Gasteiger partial charge in [0.2, 0.25) is 5.91 Å². The highest BCUT2D eigenvalue weighted by Crippen LogP contribution is 2.23. The number of hydrogen-bond donors (Lipinski definition) is 1. The molecule has 2 amide bonds. The lowest BCUT2D eigenvalue weighted by Crippen LogP contribution is -2.27. The number of ether oxygens (including phenoxy) is 1. The molecule has 0 spiro atoms. The standard InChI is InChI=1S/C18H20N2O5S/c1-20(2)17(22)11-25-18(23)14-7-3-4-8-15(14)26-12-16(21)19-10-13-6-5-9-24-13/h3-9H,10-12H2,1-2H3,(H,19,21). The van der Waals surface area contributed by atoms with Crippen molar-refractivity contribution in [1.29, 1.82) is 0 Å². The molecule has 1 aromatic carbocycles. The number of esters is 1. The van der Waals surface area contributed by atoms with Crippen molar-refractivity contribution in [3.63, 3.8) is 0 Å². The summed E-state index contributed by atoms with van der Waals surface area (Å²) in [6.45, 7) is -0.0167. The number of thioether (sulfide) groups is 1. The van der Waals surface area contributed by atoms with Gasteiger partial charge in [0.05, 0.1) is 24.1 Å². The van der Waals surface area contributed by atoms with E-state index >= 15 is 0 Å². The molecule has 2 rings (SSSR count). The van der Waals surface area contributed by atoms with Gasteiger partial charge in [-0.25, -0.2) is 4.79 Å². The Morgan fingerprint density at radius 1 is 1.15 bits per heavy atom. The molecule has 2 aromatic rings. The van der Waals surface area contributed by atoms with Gasteiger partial charge in [0.15, 0.2) is 6.61 Å². The van der Waals surface area contributed by atoms with E-state index in [2.05, 4.69) is 5.32 Å². The quantitative estimate of drug-likeness (QED) is 0.559. The smallest absolute Gasteiger partial charge is 0.339 e. The molecular weight excluding hydrogens is 356 g/mol. The lowest BCUT2D eigenvalue weighted by molar-refractivity contribution is -0.132. The molecule has 1 N–H and O–H groups in total. The van der Waals surface area contributed by atoms with Crippen LogP contribution in [0.3, 0.4) is 0 Å². The largest absolute Gasteiger partial charge is 0.467 e. The topological polar surface area (TPSA) is 88.8 Å². The summed E-state index contributed by atoms with van der Waals surface area (Å²) in [5, 5.41) is 2.74. The van der Waals surface area contributed by atoms with Gasteiger partial charge in [-0.1, -0.05) is 12.1 Å². The molecule has 0 fully saturated rings. The maximum Gasteiger partial charge on any atom is 0.339 e. The Kier molecular flexibility index (Phi) is 7.28. The number of nitrogens with one attached hydrogen (secondary N) is 1. The van der Waals surface area contributed by atoms with Gasteiger partial charge >= 0.3 is 5.97 Å². The molecular formula is C18H20N2O5S. The minimum Gasteiger partial charge on any atom is -0.467 e. The molecule has 0 saturated heterocycles. The maximum atomic E-state index is 12.2. The fourth-order valence-electron chi connectivity index (χ4n) is 1.89. The summed E-state index contributed by atoms with van der Waals surface area (Å²) in [6.07, 6.45) is 1.54. The molecule has 0 unspecified atom stereocenters. The number of furan rings is 1. The van der Waals surface area contributed by atoms with Crippen molar-refractivity contribution in [3.05, 3.63) is 54.0 Å². The molecule has 0 aliphatic heterocycles. The van der Waals surface area contributed by atoms with Crippen LogP contribution in [0.2, 0.25) is 0 Å². The number of amides is 2. The third-order valence-electron chi connectivity index (χ3n) is 3.33. The fourth-order valence-corrected chi connectivity index (χ4v) is 2.76. The molecule has 138 valence electrons. The van der Waals surface area contributed by atoms with Crippen LogP contribution in [0.5, 0.6) is 0 Å². The van der Waals surface area contributed by atoms with E-state index in [1.807, 2.05) is 0 Å². The minimum atomic E-state index is -0.598. The summed E-state index contributed by atoms with van der Waals surface area (Å²) in [5.41, 5.74) is 0.322. The fraction of sp³-hybridized carbons (Fsp3) is 0.278. The first-order chi connectivity index (χ1) is 12.5. The van der Waals surface area contributed by atoms with Crippen LogP contribution >= 0.6 is 11.8 Å². The summed E-state index contributed by atoms with van der Waals surface area (Å²) in [7, 11) is 3.17. The monoisotopic (exact) mass is 376 g/mol. The molecule has 7 nitrogen and oxygen atoms in total. The van der Waals surface area contributed by atoms with Crippen LogP contribution in [0.15, 0.2) is 52.0 Å². The average Bonchev–Trinajstić information content (AvgIpc) is 3.16. The number of benzene rings is 1. The third kappa shape index (κ3) is 5.96. The predicted octanol–water partition coefficient (Wildman–Crippen LogP) is 1.93. The van der Waals surface area contributed by atoms with Gasteiger partial charge in [0, 0.05) is 19.0 Å². The summed E-state index contributed by atoms with van der Waals surface area (Å²) < 4.78 is 10.2. The van der Waals surface area contributed by atoms with Crippen LogP contribution in [-0.4, -0.2) is 49.1 Å². The van der Waals surface area contributed by atoms with Crippen molar-refractivity contribution in [2.75, 3.05) is 26.5 Å². The van der Waals surface area contributed by atoms with Gasteiger partial charge in [-0.2, -0.15) is 0 Å². The Morgan fingerprint density at radius 2 is 1.92 bits per heavy atom. The predicted molar refractivity (Wildman–Crippen MR) is 96.7 cm³/mol. The van der Waals surface area contributed by atoms with Gasteiger partial charge in [0.25, 0.3) is 5.91 Å². The second-order valence-corrected chi connectivity index (χ2v) is 6.52. The second-order valence-electron chi connectivity index (χ2n) is 5.51. The van der Waals surface area contributed by atoms with Crippen molar-refractivity contribution < 1.29 is 23.5 Å². The first-order valence-electron chi connectivity index (χ1n) is 7.85. The van der Waals surface area contributed by atoms with Crippen molar-refractivity contribution in [1.82, 2.24) is 10.2 Å². The number of rotatable bonds is 8.